The van der Waals surface area contributed by atoms with E-state index in [1.807, 2.05) is 47.3 Å². The van der Waals surface area contributed by atoms with Crippen LogP contribution in [-0.4, -0.2) is 59.4 Å². The van der Waals surface area contributed by atoms with E-state index in [0.717, 1.165) is 33.3 Å². The van der Waals surface area contributed by atoms with E-state index in [0.29, 0.717) is 46.5 Å². The van der Waals surface area contributed by atoms with Crippen LogP contribution in [0.25, 0.3) is 15.6 Å². The van der Waals surface area contributed by atoms with Gasteiger partial charge in [0.1, 0.15) is 11.5 Å². The molecular formula is C54H48B2N10O8. The molecule has 0 spiro atoms. The molecule has 7 rings (SSSR count). The van der Waals surface area contributed by atoms with Crippen LogP contribution in [0.5, 0.6) is 11.5 Å². The van der Waals surface area contributed by atoms with Gasteiger partial charge in [-0.1, -0.05) is 54.3 Å². The number of hydrogen-bond donors (Lipinski definition) is 10. The molecular weight excluding hydrogens is 938 g/mol. The standard InChI is InChI=1S/C16H12B2O4.C12H18N4O4.C12H6N2.C8H4N2.C6H8N2/c19-17(20)15-9-5-13(6-10-15)3-1-2-4-14-7-11-16(12-8-14)18(21)22;1-3-19-9-5-8(12(18)16-14)10(20-4-2)6-7(9)11(17)15-13;1-14-12-5-4-10-6-9(8-13)2-3-11(10)7-12;9-5-7-1-2-8(6-10)4-3-7;7-5-1-2-6(8)4-3-5/h5-12,19-22H;5-6H,3-4,13-14H2,1-2H3,(H,15,17)(H,16,18);2-7H;1-4H;1-4H,7-8H2. The molecule has 7 aromatic rings. The lowest BCUT2D eigenvalue weighted by Gasteiger charge is -2.15. The maximum Gasteiger partial charge on any atom is 0.488 e. The van der Waals surface area contributed by atoms with Crippen molar-refractivity contribution in [3.8, 4) is 53.4 Å². The number of carbonyl (C=O) groups is 2. The normalized spacial score (nSPS) is 9.14. The third kappa shape index (κ3) is 19.4. The Morgan fingerprint density at radius 3 is 1.23 bits per heavy atom. The smallest absolute Gasteiger partial charge is 0.488 e. The fraction of sp³-hybridized carbons (Fsp3) is 0.0741. The van der Waals surface area contributed by atoms with Crippen LogP contribution in [0.3, 0.4) is 0 Å². The highest BCUT2D eigenvalue weighted by Crippen LogP contribution is 2.29. The van der Waals surface area contributed by atoms with Gasteiger partial charge in [0, 0.05) is 22.5 Å². The quantitative estimate of drug-likeness (QED) is 0.0197. The van der Waals surface area contributed by atoms with Crippen molar-refractivity contribution in [1.82, 2.24) is 10.9 Å². The SMILES string of the molecule is CCOc1cc(C(=O)NN)c(OCC)cc1C(=O)NN.N#Cc1ccc(C#N)cc1.Nc1ccc(N)cc1.OB(O)c1ccc(C#CC#Cc2ccc(B(O)O)cc2)cc1.[C-]#[N+]c1ccc2cc(C#N)ccc2c1. The van der Waals surface area contributed by atoms with Crippen LogP contribution >= 0.6 is 0 Å². The zero-order valence-electron chi connectivity index (χ0n) is 39.9. The van der Waals surface area contributed by atoms with Gasteiger partial charge in [-0.05, 0) is 151 Å². The molecule has 0 fully saturated rings. The van der Waals surface area contributed by atoms with Crippen LogP contribution in [0.15, 0.2) is 146 Å². The Bertz CT molecular complexity index is 3070. The predicted octanol–water partition coefficient (Wildman–Crippen LogP) is 3.68. The van der Waals surface area contributed by atoms with Crippen molar-refractivity contribution in [2.24, 2.45) is 11.7 Å². The van der Waals surface area contributed by atoms with Gasteiger partial charge in [0.25, 0.3) is 11.8 Å². The molecule has 2 amide bonds. The van der Waals surface area contributed by atoms with Crippen molar-refractivity contribution in [2.45, 2.75) is 13.8 Å². The fourth-order valence-electron chi connectivity index (χ4n) is 5.79. The van der Waals surface area contributed by atoms with Crippen LogP contribution in [-0.2, 0) is 0 Å². The molecule has 0 atom stereocenters. The van der Waals surface area contributed by atoms with Crippen LogP contribution in [0.1, 0.15) is 62.4 Å². The number of fused-ring (bicyclic) bond motifs is 1. The number of amides is 2. The molecule has 0 bridgehead atoms. The summed E-state index contributed by atoms with van der Waals surface area (Å²) in [6.07, 6.45) is 0. The largest absolute Gasteiger partial charge is 0.493 e. The Kier molecular flexibility index (Phi) is 24.5. The van der Waals surface area contributed by atoms with Crippen LogP contribution in [0.2, 0.25) is 0 Å². The number of carbonyl (C=O) groups excluding carboxylic acids is 2. The first-order valence-corrected chi connectivity index (χ1v) is 21.9. The number of rotatable bonds is 8. The summed E-state index contributed by atoms with van der Waals surface area (Å²) in [6.45, 7) is 11.0. The van der Waals surface area contributed by atoms with Gasteiger partial charge < -0.3 is 41.0 Å². The van der Waals surface area contributed by atoms with Crippen molar-refractivity contribution < 1.29 is 39.2 Å². The molecule has 0 aliphatic heterocycles. The lowest BCUT2D eigenvalue weighted by Crippen LogP contribution is -2.32. The summed E-state index contributed by atoms with van der Waals surface area (Å²) in [5.74, 6) is 20.7. The molecule has 0 aliphatic rings. The molecule has 0 radical (unpaired) electrons. The summed E-state index contributed by atoms with van der Waals surface area (Å²) in [4.78, 5) is 26.8. The molecule has 7 aromatic carbocycles. The maximum atomic E-state index is 11.7. The summed E-state index contributed by atoms with van der Waals surface area (Å²) < 4.78 is 10.7. The number of hydrogen-bond acceptors (Lipinski definition) is 15. The topological polar surface area (TPSA) is 337 Å². The summed E-state index contributed by atoms with van der Waals surface area (Å²) >= 11 is 0. The van der Waals surface area contributed by atoms with Gasteiger partial charge in [0.05, 0.1) is 65.8 Å². The van der Waals surface area contributed by atoms with E-state index in [9.17, 15) is 9.59 Å². The molecule has 0 aliphatic carbocycles. The van der Waals surface area contributed by atoms with Crippen LogP contribution in [0.4, 0.5) is 17.1 Å². The Hall–Kier alpha value is -10.1. The fourth-order valence-corrected chi connectivity index (χ4v) is 5.79. The second kappa shape index (κ2) is 31.2. The van der Waals surface area contributed by atoms with E-state index in [-0.39, 0.29) is 22.6 Å². The molecule has 368 valence electrons. The molecule has 0 unspecified atom stereocenters. The summed E-state index contributed by atoms with van der Waals surface area (Å²) in [6, 6.07) is 46.3. The Morgan fingerprint density at radius 1 is 0.541 bits per heavy atom. The minimum absolute atomic E-state index is 0.173. The van der Waals surface area contributed by atoms with Gasteiger partial charge in [-0.3, -0.25) is 20.4 Å². The van der Waals surface area contributed by atoms with Crippen LogP contribution in [0, 0.1) is 64.2 Å². The molecule has 74 heavy (non-hydrogen) atoms. The first-order valence-electron chi connectivity index (χ1n) is 21.9. The minimum atomic E-state index is -1.48. The molecule has 0 saturated carbocycles. The molecule has 0 heterocycles. The highest BCUT2D eigenvalue weighted by atomic mass is 16.5. The lowest BCUT2D eigenvalue weighted by molar-refractivity contribution is 0.0935. The van der Waals surface area contributed by atoms with Gasteiger partial charge in [-0.15, -0.1) is 0 Å². The highest BCUT2D eigenvalue weighted by molar-refractivity contribution is 6.58. The van der Waals surface area contributed by atoms with E-state index in [1.54, 1.807) is 123 Å². The molecule has 0 saturated heterocycles. The van der Waals surface area contributed by atoms with Crippen molar-refractivity contribution in [3.63, 3.8) is 0 Å². The first kappa shape index (κ1) is 58.2. The van der Waals surface area contributed by atoms with E-state index < -0.39 is 26.1 Å². The van der Waals surface area contributed by atoms with Gasteiger partial charge >= 0.3 is 14.2 Å². The van der Waals surface area contributed by atoms with E-state index >= 15 is 0 Å². The van der Waals surface area contributed by atoms with E-state index in [2.05, 4.69) is 34.6 Å². The van der Waals surface area contributed by atoms with Gasteiger partial charge in [-0.2, -0.15) is 15.8 Å². The Labute approximate surface area is 428 Å². The van der Waals surface area contributed by atoms with E-state index in [1.165, 1.54) is 12.1 Å². The monoisotopic (exact) mass is 986 g/mol. The minimum Gasteiger partial charge on any atom is -0.493 e. The maximum absolute atomic E-state index is 11.7. The van der Waals surface area contributed by atoms with E-state index in [4.69, 9.17) is 75.1 Å². The van der Waals surface area contributed by atoms with Crippen molar-refractivity contribution in [2.75, 3.05) is 24.7 Å². The summed E-state index contributed by atoms with van der Waals surface area (Å²) in [7, 11) is -2.97. The molecule has 0 aromatic heterocycles. The number of nitrogen functional groups attached to an aromatic ring is 4. The molecule has 14 N–H and O–H groups in total. The number of hydrazine groups is 2. The highest BCUT2D eigenvalue weighted by Gasteiger charge is 2.20. The molecule has 18 nitrogen and oxygen atoms in total. The number of nitrogens with zero attached hydrogens (tertiary/aromatic N) is 4. The zero-order valence-corrected chi connectivity index (χ0v) is 39.9. The van der Waals surface area contributed by atoms with Crippen LogP contribution < -0.4 is 54.4 Å². The average molecular weight is 987 g/mol. The van der Waals surface area contributed by atoms with Gasteiger partial charge in [-0.25, -0.2) is 16.5 Å². The summed E-state index contributed by atoms with van der Waals surface area (Å²) in [5.41, 5.74) is 21.3. The third-order valence-corrected chi connectivity index (χ3v) is 9.49. The van der Waals surface area contributed by atoms with Gasteiger partial charge in [0.15, 0.2) is 5.69 Å². The second-order valence-corrected chi connectivity index (χ2v) is 14.6. The number of nitrogens with two attached hydrogens (primary N) is 4. The number of nitrogens with one attached hydrogen (secondary N) is 2. The van der Waals surface area contributed by atoms with Crippen molar-refractivity contribution >= 4 is 64.8 Å². The predicted molar refractivity (Wildman–Crippen MR) is 284 cm³/mol. The van der Waals surface area contributed by atoms with Crippen molar-refractivity contribution in [1.29, 1.82) is 15.8 Å². The van der Waals surface area contributed by atoms with Crippen molar-refractivity contribution in [3.05, 3.63) is 196 Å². The lowest BCUT2D eigenvalue weighted by atomic mass is 9.80. The first-order chi connectivity index (χ1) is 35.6. The number of benzene rings is 7. The average Bonchev–Trinajstić information content (AvgIpc) is 3.43. The van der Waals surface area contributed by atoms with Gasteiger partial charge in [0.2, 0.25) is 0 Å². The number of anilines is 2. The Morgan fingerprint density at radius 2 is 0.892 bits per heavy atom. The number of ether oxygens (including phenoxy) is 2. The Balaban J connectivity index is 0.000000255. The second-order valence-electron chi connectivity index (χ2n) is 14.6. The molecule has 20 heteroatoms. The summed E-state index contributed by atoms with van der Waals surface area (Å²) in [5, 5.41) is 63.3. The number of nitriles is 3. The zero-order chi connectivity index (χ0) is 54.4. The third-order valence-electron chi connectivity index (χ3n) is 9.49.